The van der Waals surface area contributed by atoms with Crippen molar-refractivity contribution in [2.75, 3.05) is 11.9 Å². The maximum absolute atomic E-state index is 12.9. The van der Waals surface area contributed by atoms with Crippen LogP contribution < -0.4 is 21.1 Å². The molecule has 10 heteroatoms. The number of rotatable bonds is 8. The molecule has 8 nitrogen and oxygen atoms in total. The van der Waals surface area contributed by atoms with E-state index in [2.05, 4.69) is 20.0 Å². The zero-order chi connectivity index (χ0) is 20.6. The molecule has 0 aliphatic rings. The molecule has 29 heavy (non-hydrogen) atoms. The van der Waals surface area contributed by atoms with Crippen molar-refractivity contribution < 1.29 is 18.7 Å². The minimum Gasteiger partial charge on any atom is -0.472 e. The van der Waals surface area contributed by atoms with E-state index in [1.165, 1.54) is 12.1 Å². The van der Waals surface area contributed by atoms with E-state index >= 15 is 0 Å². The summed E-state index contributed by atoms with van der Waals surface area (Å²) in [5.74, 6) is -1.03. The van der Waals surface area contributed by atoms with E-state index in [4.69, 9.17) is 10.5 Å². The van der Waals surface area contributed by atoms with Crippen molar-refractivity contribution in [1.82, 2.24) is 14.7 Å². The predicted octanol–water partition coefficient (Wildman–Crippen LogP) is 2.72. The first-order valence-electron chi connectivity index (χ1n) is 8.63. The number of nitrogens with zero attached hydrogens (tertiary/aromatic N) is 2. The molecule has 0 radical (unpaired) electrons. The predicted molar refractivity (Wildman–Crippen MR) is 106 cm³/mol. The molecule has 3 rings (SSSR count). The smallest absolute Gasteiger partial charge is 0.319 e. The molecule has 0 atom stereocenters. The number of nitrogens with two attached hydrogens (primary N) is 1. The Morgan fingerprint density at radius 3 is 2.66 bits per heavy atom. The van der Waals surface area contributed by atoms with E-state index < -0.39 is 11.9 Å². The van der Waals surface area contributed by atoms with Gasteiger partial charge in [0.2, 0.25) is 5.88 Å². The molecule has 2 heterocycles. The first-order valence-corrected chi connectivity index (χ1v) is 9.40. The average Bonchev–Trinajstić information content (AvgIpc) is 3.11. The van der Waals surface area contributed by atoms with Crippen LogP contribution in [0.3, 0.4) is 0 Å². The molecule has 150 valence electrons. The maximum atomic E-state index is 12.9. The molecule has 3 aromatic rings. The second kappa shape index (κ2) is 9.60. The third-order valence-corrected chi connectivity index (χ3v) is 4.59. The first-order chi connectivity index (χ1) is 14.0. The van der Waals surface area contributed by atoms with E-state index in [1.54, 1.807) is 30.6 Å². The summed E-state index contributed by atoms with van der Waals surface area (Å²) in [6.07, 6.45) is 3.79. The number of pyridine rings is 1. The van der Waals surface area contributed by atoms with E-state index in [-0.39, 0.29) is 28.9 Å². The maximum Gasteiger partial charge on any atom is 0.319 e. The van der Waals surface area contributed by atoms with Gasteiger partial charge in [0, 0.05) is 24.5 Å². The van der Waals surface area contributed by atoms with Crippen LogP contribution in [0.25, 0.3) is 0 Å². The van der Waals surface area contributed by atoms with Gasteiger partial charge in [-0.3, -0.25) is 15.1 Å². The molecule has 2 aromatic heterocycles. The minimum atomic E-state index is -0.762. The lowest BCUT2D eigenvalue weighted by molar-refractivity contribution is 0.0996. The quantitative estimate of drug-likeness (QED) is 0.523. The molecule has 0 bridgehead atoms. The Morgan fingerprint density at radius 2 is 1.97 bits per heavy atom. The monoisotopic (exact) mass is 415 g/mol. The summed E-state index contributed by atoms with van der Waals surface area (Å²) >= 11 is 0.894. The molecule has 0 aliphatic carbocycles. The number of anilines is 1. The number of ether oxygens (including phenoxy) is 1. The summed E-state index contributed by atoms with van der Waals surface area (Å²) in [5.41, 5.74) is 7.11. The van der Waals surface area contributed by atoms with Gasteiger partial charge in [-0.15, -0.1) is 0 Å². The molecule has 0 unspecified atom stereocenters. The summed E-state index contributed by atoms with van der Waals surface area (Å²) in [7, 11) is 0. The van der Waals surface area contributed by atoms with Gasteiger partial charge in [-0.25, -0.2) is 9.18 Å². The van der Waals surface area contributed by atoms with Crippen LogP contribution >= 0.6 is 11.5 Å². The van der Waals surface area contributed by atoms with Crippen molar-refractivity contribution in [3.63, 3.8) is 0 Å². The third kappa shape index (κ3) is 5.72. The van der Waals surface area contributed by atoms with Gasteiger partial charge >= 0.3 is 6.03 Å². The highest BCUT2D eigenvalue weighted by molar-refractivity contribution is 7.11. The van der Waals surface area contributed by atoms with Gasteiger partial charge < -0.3 is 15.8 Å². The third-order valence-electron chi connectivity index (χ3n) is 3.85. The number of nitrogens with one attached hydrogen (secondary N) is 2. The highest BCUT2D eigenvalue weighted by Gasteiger charge is 2.22. The zero-order valence-corrected chi connectivity index (χ0v) is 16.0. The van der Waals surface area contributed by atoms with Crippen molar-refractivity contribution in [1.29, 1.82) is 0 Å². The standard InChI is InChI=1S/C19H18FN5O3S/c20-14-5-3-12(4-6-14)7-9-23-19(27)24-18-15(16(21)26)17(25-29-18)28-11-13-2-1-8-22-10-13/h1-6,8,10H,7,9,11H2,(H2,21,26)(H2,23,24,27). The number of urea groups is 1. The zero-order valence-electron chi connectivity index (χ0n) is 15.2. The molecule has 3 amide bonds. The largest absolute Gasteiger partial charge is 0.472 e. The number of carbonyl (C=O) groups excluding carboxylic acids is 2. The lowest BCUT2D eigenvalue weighted by Gasteiger charge is -2.08. The highest BCUT2D eigenvalue weighted by Crippen LogP contribution is 2.30. The number of hydrogen-bond donors (Lipinski definition) is 3. The van der Waals surface area contributed by atoms with Crippen molar-refractivity contribution in [3.8, 4) is 5.88 Å². The van der Waals surface area contributed by atoms with Gasteiger partial charge in [0.15, 0.2) is 0 Å². The number of halogens is 1. The van der Waals surface area contributed by atoms with Crippen LogP contribution in [0, 0.1) is 5.82 Å². The average molecular weight is 415 g/mol. The Bertz CT molecular complexity index is 979. The first kappa shape index (κ1) is 20.2. The molecule has 0 spiro atoms. The van der Waals surface area contributed by atoms with Crippen LogP contribution in [0.5, 0.6) is 5.88 Å². The molecule has 0 fully saturated rings. The topological polar surface area (TPSA) is 119 Å². The Balaban J connectivity index is 1.56. The Labute approximate surface area is 170 Å². The number of primary amides is 1. The molecule has 0 saturated carbocycles. The number of hydrogen-bond acceptors (Lipinski definition) is 6. The Kier molecular flexibility index (Phi) is 6.69. The van der Waals surface area contributed by atoms with Crippen LogP contribution in [0.4, 0.5) is 14.2 Å². The summed E-state index contributed by atoms with van der Waals surface area (Å²) in [6, 6.07) is 9.08. The van der Waals surface area contributed by atoms with Gasteiger partial charge in [0.25, 0.3) is 5.91 Å². The van der Waals surface area contributed by atoms with Crippen molar-refractivity contribution >= 4 is 28.5 Å². The molecule has 4 N–H and O–H groups in total. The van der Waals surface area contributed by atoms with Gasteiger partial charge in [0.1, 0.15) is 23.0 Å². The fourth-order valence-electron chi connectivity index (χ4n) is 2.43. The normalized spacial score (nSPS) is 10.4. The van der Waals surface area contributed by atoms with E-state index in [1.807, 2.05) is 6.07 Å². The van der Waals surface area contributed by atoms with Crippen LogP contribution in [-0.2, 0) is 13.0 Å². The second-order valence-corrected chi connectivity index (χ2v) is 6.74. The SMILES string of the molecule is NC(=O)c1c(OCc2cccnc2)nsc1NC(=O)NCCc1ccc(F)cc1. The number of aromatic nitrogens is 2. The van der Waals surface area contributed by atoms with E-state index in [0.717, 1.165) is 22.7 Å². The van der Waals surface area contributed by atoms with Crippen LogP contribution in [0.1, 0.15) is 21.5 Å². The van der Waals surface area contributed by atoms with Crippen molar-refractivity contribution in [2.45, 2.75) is 13.0 Å². The van der Waals surface area contributed by atoms with Gasteiger partial charge in [0.05, 0.1) is 0 Å². The van der Waals surface area contributed by atoms with Crippen molar-refractivity contribution in [2.24, 2.45) is 5.73 Å². The van der Waals surface area contributed by atoms with Gasteiger partial charge in [-0.05, 0) is 41.7 Å². The second-order valence-electron chi connectivity index (χ2n) is 5.96. The summed E-state index contributed by atoms with van der Waals surface area (Å²) < 4.78 is 22.5. The minimum absolute atomic E-state index is 0.00701. The van der Waals surface area contributed by atoms with Crippen molar-refractivity contribution in [3.05, 3.63) is 71.3 Å². The molecule has 0 aliphatic heterocycles. The van der Waals surface area contributed by atoms with Gasteiger partial charge in [-0.1, -0.05) is 18.2 Å². The molecular formula is C19H18FN5O3S. The van der Waals surface area contributed by atoms with E-state index in [9.17, 15) is 14.0 Å². The fourth-order valence-corrected chi connectivity index (χ4v) is 3.17. The summed E-state index contributed by atoms with van der Waals surface area (Å²) in [6.45, 7) is 0.480. The molecule has 1 aromatic carbocycles. The molecule has 0 saturated heterocycles. The highest BCUT2D eigenvalue weighted by atomic mass is 32.1. The van der Waals surface area contributed by atoms with Gasteiger partial charge in [-0.2, -0.15) is 4.37 Å². The number of benzene rings is 1. The van der Waals surface area contributed by atoms with Crippen LogP contribution in [-0.4, -0.2) is 27.8 Å². The Hall–Kier alpha value is -3.53. The van der Waals surface area contributed by atoms with Crippen LogP contribution in [0.15, 0.2) is 48.8 Å². The lowest BCUT2D eigenvalue weighted by Crippen LogP contribution is -2.31. The van der Waals surface area contributed by atoms with E-state index in [0.29, 0.717) is 13.0 Å². The Morgan fingerprint density at radius 1 is 1.17 bits per heavy atom. The van der Waals surface area contributed by atoms with Crippen LogP contribution in [0.2, 0.25) is 0 Å². The summed E-state index contributed by atoms with van der Waals surface area (Å²) in [4.78, 5) is 27.9. The molecular weight excluding hydrogens is 397 g/mol. The number of carbonyl (C=O) groups is 2. The number of amides is 3. The lowest BCUT2D eigenvalue weighted by atomic mass is 10.1. The summed E-state index contributed by atoms with van der Waals surface area (Å²) in [5, 5.41) is 5.41. The fraction of sp³-hybridized carbons (Fsp3) is 0.158.